The molecule has 2 heteroatoms. The molecule has 0 aromatic carbocycles. The molecule has 0 amide bonds. The standard InChI is InChI=1S/2CH3I/c2*1-2/h2*1H3/i2*1T. The molecule has 0 atom stereocenters. The van der Waals surface area contributed by atoms with Crippen LogP contribution >= 0.6 is 45.2 Å². The van der Waals surface area contributed by atoms with Crippen LogP contribution in [0.15, 0.2) is 0 Å². The van der Waals surface area contributed by atoms with Crippen molar-refractivity contribution < 1.29 is 2.74 Å². The Hall–Kier alpha value is 1.46. The zero-order chi connectivity index (χ0) is 5.41. The first-order valence-corrected chi connectivity index (χ1v) is 3.59. The van der Waals surface area contributed by atoms with Crippen LogP contribution in [0.5, 0.6) is 0 Å². The lowest BCUT2D eigenvalue weighted by molar-refractivity contribution is 2.66. The fourth-order valence-electron chi connectivity index (χ4n) is 0. The van der Waals surface area contributed by atoms with Crippen LogP contribution in [0.2, 0.25) is 0 Å². The number of hydrogen-bond acceptors (Lipinski definition) is 0. The maximum absolute atomic E-state index is 6.20. The molecule has 4 heavy (non-hydrogen) atoms. The van der Waals surface area contributed by atoms with Crippen molar-refractivity contribution >= 4 is 45.2 Å². The van der Waals surface area contributed by atoms with Gasteiger partial charge < -0.3 is 0 Å². The van der Waals surface area contributed by atoms with E-state index in [-0.39, 0.29) is 0 Å². The molecular formula is C2H6I2. The summed E-state index contributed by atoms with van der Waals surface area (Å²) in [6, 6.07) is 0. The minimum absolute atomic E-state index is 0.470. The Morgan fingerprint density at radius 3 is 1.50 bits per heavy atom. The Labute approximate surface area is 57.4 Å². The van der Waals surface area contributed by atoms with E-state index in [1.165, 1.54) is 0 Å². The van der Waals surface area contributed by atoms with Crippen LogP contribution in [0.1, 0.15) is 2.74 Å². The second kappa shape index (κ2) is 25.0. The summed E-state index contributed by atoms with van der Waals surface area (Å²) in [5, 5.41) is 0. The van der Waals surface area contributed by atoms with Crippen LogP contribution in [0.4, 0.5) is 0 Å². The van der Waals surface area contributed by atoms with Crippen molar-refractivity contribution in [2.75, 3.05) is 9.81 Å². The van der Waals surface area contributed by atoms with Gasteiger partial charge in [-0.1, -0.05) is 45.2 Å². The van der Waals surface area contributed by atoms with Gasteiger partial charge in [0.15, 0.2) is 0 Å². The second-order valence-electron chi connectivity index (χ2n) is 0. The van der Waals surface area contributed by atoms with Crippen LogP contribution in [0, 0.1) is 0 Å². The van der Waals surface area contributed by atoms with Crippen molar-refractivity contribution in [2.24, 2.45) is 0 Å². The fourth-order valence-corrected chi connectivity index (χ4v) is 0. The lowest BCUT2D eigenvalue weighted by Crippen LogP contribution is -0.798. The average molecular weight is 288 g/mol. The van der Waals surface area contributed by atoms with Gasteiger partial charge in [0.05, 0.1) is 0 Å². The summed E-state index contributed by atoms with van der Waals surface area (Å²) in [7, 11) is 0. The number of halogens is 2. The highest BCUT2D eigenvalue weighted by molar-refractivity contribution is 14.1. The maximum Gasteiger partial charge on any atom is 0.0341 e. The molecular weight excluding hydrogens is 278 g/mol. The quantitative estimate of drug-likeness (QED) is 0.473. The molecule has 0 fully saturated rings. The molecule has 0 radical (unpaired) electrons. The first-order valence-electron chi connectivity index (χ1n) is 1.95. The van der Waals surface area contributed by atoms with E-state index >= 15 is 0 Å². The molecule has 0 aliphatic rings. The van der Waals surface area contributed by atoms with E-state index in [0.29, 0.717) is 9.81 Å². The minimum Gasteiger partial charge on any atom is -0.0901 e. The third kappa shape index (κ3) is 9.82. The Balaban J connectivity index is 0. The molecule has 0 aromatic rings. The first kappa shape index (κ1) is 3.64. The van der Waals surface area contributed by atoms with E-state index in [0.717, 1.165) is 0 Å². The van der Waals surface area contributed by atoms with Crippen molar-refractivity contribution in [3.05, 3.63) is 0 Å². The van der Waals surface area contributed by atoms with Gasteiger partial charge in [-0.2, -0.15) is 0 Å². The van der Waals surface area contributed by atoms with Gasteiger partial charge in [0, 0.05) is 2.74 Å². The lowest BCUT2D eigenvalue weighted by atomic mass is 12.0. The lowest BCUT2D eigenvalue weighted by Gasteiger charge is -1.05. The highest BCUT2D eigenvalue weighted by Gasteiger charge is 0.952. The van der Waals surface area contributed by atoms with Gasteiger partial charge in [-0.15, -0.1) is 0 Å². The van der Waals surface area contributed by atoms with E-state index in [4.69, 9.17) is 2.74 Å². The zero-order valence-electron chi connectivity index (χ0n) is 4.17. The predicted molar refractivity (Wildman–Crippen MR) is 39.9 cm³/mol. The highest BCUT2D eigenvalue weighted by atomic mass is 127. The molecule has 0 spiro atoms. The monoisotopic (exact) mass is 288 g/mol. The summed E-state index contributed by atoms with van der Waals surface area (Å²) in [5.74, 6) is 0. The molecule has 0 bridgehead atoms. The summed E-state index contributed by atoms with van der Waals surface area (Å²) in [6.45, 7) is 0. The third-order valence-corrected chi connectivity index (χ3v) is 0. The van der Waals surface area contributed by atoms with Gasteiger partial charge in [-0.3, -0.25) is 0 Å². The van der Waals surface area contributed by atoms with E-state index in [2.05, 4.69) is 0 Å². The van der Waals surface area contributed by atoms with E-state index in [9.17, 15) is 0 Å². The van der Waals surface area contributed by atoms with Crippen molar-refractivity contribution in [2.45, 2.75) is 0 Å². The van der Waals surface area contributed by atoms with Gasteiger partial charge in [0.25, 0.3) is 0 Å². The molecule has 0 aliphatic heterocycles. The van der Waals surface area contributed by atoms with Crippen LogP contribution in [0.25, 0.3) is 0 Å². The van der Waals surface area contributed by atoms with Gasteiger partial charge in [-0.25, -0.2) is 0 Å². The molecule has 0 rings (SSSR count). The van der Waals surface area contributed by atoms with Crippen molar-refractivity contribution in [1.82, 2.24) is 0 Å². The molecule has 0 heterocycles. The molecule has 0 unspecified atom stereocenters. The minimum atomic E-state index is 0.470. The summed E-state index contributed by atoms with van der Waals surface area (Å²) < 4.78 is 12.4. The largest absolute Gasteiger partial charge is 0.0901 e. The van der Waals surface area contributed by atoms with E-state index in [1.54, 1.807) is 0 Å². The Bertz CT molecular complexity index is 11.5. The predicted octanol–water partition coefficient (Wildman–Crippen LogP) is 2.10. The van der Waals surface area contributed by atoms with Crippen LogP contribution in [-0.2, 0) is 0 Å². The molecule has 0 N–H and O–H groups in total. The molecule has 28 valence electrons. The van der Waals surface area contributed by atoms with E-state index < -0.39 is 0 Å². The van der Waals surface area contributed by atoms with Crippen molar-refractivity contribution in [1.29, 1.82) is 0 Å². The number of alkyl halides is 2. The second-order valence-corrected chi connectivity index (χ2v) is 0. The van der Waals surface area contributed by atoms with E-state index in [1.807, 2.05) is 45.2 Å². The summed E-state index contributed by atoms with van der Waals surface area (Å²) in [4.78, 5) is 0.940. The van der Waals surface area contributed by atoms with Crippen molar-refractivity contribution in [3.63, 3.8) is 0 Å². The van der Waals surface area contributed by atoms with Crippen LogP contribution in [0.3, 0.4) is 0 Å². The molecule has 0 aliphatic carbocycles. The Morgan fingerprint density at radius 1 is 1.50 bits per heavy atom. The normalized spacial score (nSPS) is 9.50. The van der Waals surface area contributed by atoms with Crippen LogP contribution < -0.4 is 0 Å². The first-order chi connectivity index (χ1) is 2.83. The summed E-state index contributed by atoms with van der Waals surface area (Å²) in [5.41, 5.74) is 0. The topological polar surface area (TPSA) is 0 Å². The maximum atomic E-state index is 6.20. The molecule has 0 saturated carbocycles. The Kier molecular flexibility index (Phi) is 22.8. The third-order valence-electron chi connectivity index (χ3n) is 0. The Morgan fingerprint density at radius 2 is 1.50 bits per heavy atom. The highest BCUT2D eigenvalue weighted by Crippen LogP contribution is 1.48. The number of hydrogen-bond donors (Lipinski definition) is 0. The summed E-state index contributed by atoms with van der Waals surface area (Å²) in [6.07, 6.45) is 0. The molecule has 0 nitrogen and oxygen atoms in total. The SMILES string of the molecule is [3H]CI.[3H]CI. The van der Waals surface area contributed by atoms with Gasteiger partial charge in [-0.05, 0) is 9.81 Å². The molecule has 0 saturated heterocycles. The smallest absolute Gasteiger partial charge is 0.0341 e. The van der Waals surface area contributed by atoms with Gasteiger partial charge in [0.2, 0.25) is 0 Å². The number of rotatable bonds is 0. The fraction of sp³-hybridized carbons (Fsp3) is 1.00. The average Bonchev–Trinajstić information content (AvgIpc) is 1.39. The summed E-state index contributed by atoms with van der Waals surface area (Å²) >= 11 is 3.91. The zero-order valence-corrected chi connectivity index (χ0v) is 6.49. The van der Waals surface area contributed by atoms with Crippen molar-refractivity contribution in [3.8, 4) is 0 Å². The van der Waals surface area contributed by atoms with Crippen LogP contribution in [-0.4, -0.2) is 9.81 Å². The van der Waals surface area contributed by atoms with Gasteiger partial charge >= 0.3 is 0 Å². The van der Waals surface area contributed by atoms with Gasteiger partial charge in [0.1, 0.15) is 0 Å². The molecule has 0 aromatic heterocycles.